The molecule has 36 nitrogen and oxygen atoms in total. The van der Waals surface area contributed by atoms with Crippen LogP contribution in [0.2, 0.25) is 10.0 Å². The van der Waals surface area contributed by atoms with E-state index in [1.54, 1.807) is 0 Å². The van der Waals surface area contributed by atoms with Gasteiger partial charge in [0.25, 0.3) is 0 Å². The van der Waals surface area contributed by atoms with Gasteiger partial charge < -0.3 is 143 Å². The van der Waals surface area contributed by atoms with Crippen molar-refractivity contribution in [2.75, 3.05) is 13.7 Å². The van der Waals surface area contributed by atoms with E-state index in [0.29, 0.717) is 0 Å². The maximum atomic E-state index is 16.4. The molecule has 8 heterocycles. The lowest BCUT2D eigenvalue weighted by atomic mass is 9.86. The minimum Gasteiger partial charge on any atom is -0.508 e. The molecule has 112 heavy (non-hydrogen) atoms. The monoisotopic (exact) mass is 1600 g/mol. The van der Waals surface area contributed by atoms with E-state index in [-0.39, 0.29) is 69.3 Å². The number of primary amides is 1. The van der Waals surface area contributed by atoms with E-state index in [0.717, 1.165) is 42.5 Å². The number of phenols is 1. The predicted molar refractivity (Wildman–Crippen MR) is 388 cm³/mol. The van der Waals surface area contributed by atoms with E-state index in [4.69, 9.17) is 78.3 Å². The van der Waals surface area contributed by atoms with E-state index in [1.807, 2.05) is 13.8 Å². The molecule has 0 radical (unpaired) electrons. The van der Waals surface area contributed by atoms with Gasteiger partial charge in [0.05, 0.1) is 53.5 Å². The number of nitrogens with one attached hydrogen (secondary N) is 7. The number of amides is 7. The van der Waals surface area contributed by atoms with Gasteiger partial charge in [-0.15, -0.1) is 0 Å². The number of benzene rings is 5. The molecule has 0 aromatic heterocycles. The number of halogens is 2. The van der Waals surface area contributed by atoms with Gasteiger partial charge in [-0.05, 0) is 141 Å². The van der Waals surface area contributed by atoms with Crippen molar-refractivity contribution in [1.82, 2.24) is 37.2 Å². The molecule has 9 aliphatic rings. The number of aliphatic hydroxyl groups excluding tert-OH is 6. The number of ether oxygens (including phenoxy) is 8. The largest absolute Gasteiger partial charge is 0.508 e. The number of fused-ring (bicyclic) bond motifs is 12. The quantitative estimate of drug-likeness (QED) is 0.0584. The van der Waals surface area contributed by atoms with Gasteiger partial charge >= 0.3 is 5.97 Å². The topological polar surface area (TPSA) is 575 Å². The Kier molecular flexibility index (Phi) is 23.6. The summed E-state index contributed by atoms with van der Waals surface area (Å²) in [5, 5.41) is 133. The van der Waals surface area contributed by atoms with Crippen molar-refractivity contribution in [3.8, 4) is 45.6 Å². The van der Waals surface area contributed by atoms with Crippen molar-refractivity contribution in [3.05, 3.63) is 128 Å². The Morgan fingerprint density at radius 1 is 0.670 bits per heavy atom. The number of aromatic hydroxyl groups is 1. The average Bonchev–Trinajstić information content (AvgIpc) is 1.55. The first-order chi connectivity index (χ1) is 52.7. The number of phenolic OH excluding ortho intramolecular Hbond substituents is 1. The molecule has 3 fully saturated rings. The fourth-order valence-corrected chi connectivity index (χ4v) is 15.5. The Morgan fingerprint density at radius 2 is 1.24 bits per heavy atom. The summed E-state index contributed by atoms with van der Waals surface area (Å²) in [5.41, 5.74) is 13.2. The van der Waals surface area contributed by atoms with E-state index in [1.165, 1.54) is 71.1 Å². The van der Waals surface area contributed by atoms with Gasteiger partial charge in [0.15, 0.2) is 36.2 Å². The van der Waals surface area contributed by atoms with Gasteiger partial charge in [-0.25, -0.2) is 4.79 Å². The molecule has 23 N–H and O–H groups in total. The number of likely N-dealkylation sites (N-methyl/N-ethyl adjacent to an activating group) is 1. The number of rotatable bonds is 15. The van der Waals surface area contributed by atoms with Gasteiger partial charge in [0.1, 0.15) is 78.0 Å². The highest BCUT2D eigenvalue weighted by atomic mass is 35.5. The summed E-state index contributed by atoms with van der Waals surface area (Å²) in [7, 11) is 1.47. The Morgan fingerprint density at radius 3 is 1.81 bits per heavy atom. The van der Waals surface area contributed by atoms with Crippen molar-refractivity contribution in [1.29, 1.82) is 0 Å². The molecule has 5 aromatic carbocycles. The fourth-order valence-electron chi connectivity index (χ4n) is 15.0. The van der Waals surface area contributed by atoms with Crippen LogP contribution in [0.15, 0.2) is 78.9 Å². The third-order valence-corrected chi connectivity index (χ3v) is 21.5. The fraction of sp³-hybridized carbons (Fsp3) is 0.486. The average molecular weight is 1600 g/mol. The number of aliphatic hydroxyl groups is 8. The van der Waals surface area contributed by atoms with Crippen molar-refractivity contribution < 1.29 is 127 Å². The van der Waals surface area contributed by atoms with Crippen LogP contribution in [-0.2, 0) is 67.8 Å². The van der Waals surface area contributed by atoms with Crippen LogP contribution in [0.25, 0.3) is 11.1 Å². The van der Waals surface area contributed by atoms with E-state index >= 15 is 24.0 Å². The first kappa shape index (κ1) is 82.5. The summed E-state index contributed by atoms with van der Waals surface area (Å²) < 4.78 is 51.8. The number of carbonyl (C=O) groups excluding carboxylic acids is 7. The van der Waals surface area contributed by atoms with Crippen LogP contribution >= 0.6 is 23.2 Å². The molecule has 604 valence electrons. The standard InChI is InChI=1S/C74H88Cl2N10O26/c1-26(2)14-40(80-7)64(95)85-54-56(90)30-9-12-42(38(75)16-30)107-44-18-32-19-45(60(44)112-71-61(58(92)57(91)46(25-87)109-71)111-49-24-73(6,79)63(94)28(4)106-49)108-43-13-10-31(17-39(43)76)59(110-48-23-72(5,78)62(93)27(3)105-48)55-69(100)84-53(70(101)102)35-20-33(88)21-37-50(35)34-15-29(8-11-36(34)74(37,103)104)51(66(97)86-55)83-67(98)52(32)82-65(96)41(22-47(77)89)81-68(54)99/h8-13,15-21,26-28,40-41,46,48-49,51-59,61-63,71,80,87-88,90-94,103-104H,14,22-25,78-79H2,1-7H3,(H2,77,89)(H,81,99)(H,82,96)(H,83,98)(H,84,100)(H,85,95)(H,86,97)(H,101,102)/t27-,28-,40+,41-,46+,48-,49-,51+,52+,53-,54+,55-,56+,57+,58-,59+,61+,62-,63-,71-,72-,73-/m0/s1. The van der Waals surface area contributed by atoms with Crippen LogP contribution in [0.3, 0.4) is 0 Å². The first-order valence-corrected chi connectivity index (χ1v) is 36.6. The molecule has 38 heteroatoms. The summed E-state index contributed by atoms with van der Waals surface area (Å²) in [6, 6.07) is 0.296. The maximum absolute atomic E-state index is 16.4. The Bertz CT molecular complexity index is 4540. The third-order valence-electron chi connectivity index (χ3n) is 20.9. The number of hydrogen-bond acceptors (Lipinski definition) is 28. The number of carboxylic acid groups (broad SMARTS) is 1. The second-order valence-corrected chi connectivity index (χ2v) is 30.8. The Balaban J connectivity index is 1.12. The van der Waals surface area contributed by atoms with Crippen LogP contribution in [0, 0.1) is 5.92 Å². The minimum absolute atomic E-state index is 0.109. The highest BCUT2D eigenvalue weighted by Crippen LogP contribution is 2.53. The second-order valence-electron chi connectivity index (χ2n) is 30.0. The van der Waals surface area contributed by atoms with Crippen molar-refractivity contribution in [3.63, 3.8) is 0 Å². The Labute approximate surface area is 648 Å². The summed E-state index contributed by atoms with van der Waals surface area (Å²) in [4.78, 5) is 120. The lowest BCUT2D eigenvalue weighted by Crippen LogP contribution is -2.64. The molecular weight excluding hydrogens is 1520 g/mol. The molecule has 3 saturated heterocycles. The molecule has 14 rings (SSSR count). The SMILES string of the molecule is CN[C@H](CC(C)C)C(=O)N[C@H]1C(=O)N[C@@H](CC(N)=O)C(=O)N[C@H]2C(=O)N[C@H]3C(=O)N[C@H](C(=O)N[C@H](C(=O)O)c4cc(O)cc5c4-c4cc3ccc4C5(O)O)[C@H](O[C@H]3C[C@](C)(N)[C@@H](O)[C@H](C)O3)c3ccc(c(Cl)c3)Oc3cc2cc(c3O[C@@H]2O[C@H](CO)[C@@H](O)[C@H](O)[C@H]2O[C@H]2C[C@](C)(N)[C@@H](O)[C@H](C)O2)Oc2ccc(cc2Cl)[C@H]1O. The molecule has 8 aliphatic heterocycles. The van der Waals surface area contributed by atoms with Crippen LogP contribution in [0.4, 0.5) is 0 Å². The summed E-state index contributed by atoms with van der Waals surface area (Å²) in [5.74, 6) is -17.3. The number of aliphatic carboxylic acids is 1. The summed E-state index contributed by atoms with van der Waals surface area (Å²) in [6.45, 7) is 8.60. The smallest absolute Gasteiger partial charge is 0.330 e. The minimum atomic E-state index is -3.05. The number of carboxylic acids is 1. The molecule has 11 bridgehead atoms. The van der Waals surface area contributed by atoms with Gasteiger partial charge in [-0.2, -0.15) is 0 Å². The molecular formula is C74H88Cl2N10O26. The second kappa shape index (κ2) is 32.1. The van der Waals surface area contributed by atoms with Crippen molar-refractivity contribution >= 4 is 70.5 Å². The van der Waals surface area contributed by atoms with E-state index in [2.05, 4.69) is 37.2 Å². The van der Waals surface area contributed by atoms with Crippen LogP contribution in [0.5, 0.6) is 34.5 Å². The first-order valence-electron chi connectivity index (χ1n) is 35.8. The lowest BCUT2D eigenvalue weighted by Gasteiger charge is -2.47. The molecule has 7 amide bonds. The Hall–Kier alpha value is -9.00. The highest BCUT2D eigenvalue weighted by Gasteiger charge is 2.53. The van der Waals surface area contributed by atoms with Crippen LogP contribution in [0.1, 0.15) is 137 Å². The predicted octanol–water partition coefficient (Wildman–Crippen LogP) is -0.568. The molecule has 22 atom stereocenters. The van der Waals surface area contributed by atoms with Gasteiger partial charge in [-0.1, -0.05) is 61.3 Å². The summed E-state index contributed by atoms with van der Waals surface area (Å²) in [6.07, 6.45) is -22.8. The van der Waals surface area contributed by atoms with Crippen LogP contribution < -0.4 is 68.6 Å². The zero-order chi connectivity index (χ0) is 81.4. The molecule has 1 aliphatic carbocycles. The van der Waals surface area contributed by atoms with Gasteiger partial charge in [0.2, 0.25) is 59.2 Å². The van der Waals surface area contributed by atoms with E-state index in [9.17, 15) is 65.4 Å². The van der Waals surface area contributed by atoms with Crippen molar-refractivity contribution in [2.45, 2.75) is 206 Å². The molecule has 0 saturated carbocycles. The van der Waals surface area contributed by atoms with E-state index < -0.39 is 250 Å². The zero-order valence-corrected chi connectivity index (χ0v) is 62.7. The maximum Gasteiger partial charge on any atom is 0.330 e. The lowest BCUT2D eigenvalue weighted by molar-refractivity contribution is -0.333. The number of hydrogen-bond donors (Lipinski definition) is 20. The van der Waals surface area contributed by atoms with Crippen LogP contribution in [-0.4, -0.2) is 215 Å². The normalized spacial score (nSPS) is 32.6. The number of nitrogens with two attached hydrogens (primary N) is 3. The van der Waals surface area contributed by atoms with Gasteiger partial charge in [0, 0.05) is 35.0 Å². The zero-order valence-electron chi connectivity index (χ0n) is 61.2. The third kappa shape index (κ3) is 16.4. The number of carbonyl (C=O) groups is 8. The molecule has 0 unspecified atom stereocenters. The molecule has 5 aromatic rings. The highest BCUT2D eigenvalue weighted by molar-refractivity contribution is 6.32. The van der Waals surface area contributed by atoms with Crippen molar-refractivity contribution in [2.24, 2.45) is 23.1 Å². The molecule has 0 spiro atoms. The summed E-state index contributed by atoms with van der Waals surface area (Å²) >= 11 is 14.5. The van der Waals surface area contributed by atoms with Gasteiger partial charge in [-0.3, -0.25) is 33.6 Å².